The summed E-state index contributed by atoms with van der Waals surface area (Å²) in [5, 5.41) is 7.92. The van der Waals surface area contributed by atoms with Crippen LogP contribution in [0.2, 0.25) is 0 Å². The van der Waals surface area contributed by atoms with Crippen molar-refractivity contribution in [2.75, 3.05) is 6.61 Å². The van der Waals surface area contributed by atoms with Crippen molar-refractivity contribution in [1.82, 2.24) is 19.8 Å². The maximum atomic E-state index is 12.6. The summed E-state index contributed by atoms with van der Waals surface area (Å²) in [6.07, 6.45) is 3.02. The van der Waals surface area contributed by atoms with E-state index in [4.69, 9.17) is 15.5 Å². The predicted octanol–water partition coefficient (Wildman–Crippen LogP) is 2.56. The van der Waals surface area contributed by atoms with Crippen molar-refractivity contribution in [2.45, 2.75) is 32.1 Å². The maximum absolute atomic E-state index is 12.6. The number of allylic oxidation sites excluding steroid dienone is 1. The molecule has 154 valence electrons. The summed E-state index contributed by atoms with van der Waals surface area (Å²) in [7, 11) is 1.57. The summed E-state index contributed by atoms with van der Waals surface area (Å²) in [6, 6.07) is 11.9. The Bertz CT molecular complexity index is 1220. The minimum Gasteiger partial charge on any atom is -0.493 e. The molecule has 30 heavy (non-hydrogen) atoms. The number of aryl methyl sites for hydroxylation is 1. The van der Waals surface area contributed by atoms with E-state index in [9.17, 15) is 4.79 Å². The molecule has 0 saturated heterocycles. The van der Waals surface area contributed by atoms with Crippen molar-refractivity contribution in [3.8, 4) is 11.4 Å². The van der Waals surface area contributed by atoms with Gasteiger partial charge in [-0.1, -0.05) is 24.3 Å². The van der Waals surface area contributed by atoms with Gasteiger partial charge in [-0.25, -0.2) is 4.79 Å². The molecular weight excluding hydrogens is 382 g/mol. The molecule has 8 heteroatoms. The lowest BCUT2D eigenvalue weighted by Gasteiger charge is -2.19. The van der Waals surface area contributed by atoms with E-state index in [-0.39, 0.29) is 5.69 Å². The lowest BCUT2D eigenvalue weighted by atomic mass is 9.92. The van der Waals surface area contributed by atoms with Crippen LogP contribution < -0.4 is 16.3 Å². The fourth-order valence-corrected chi connectivity index (χ4v) is 4.21. The molecule has 2 heterocycles. The van der Waals surface area contributed by atoms with Crippen LogP contribution in [-0.2, 0) is 18.3 Å². The molecule has 0 unspecified atom stereocenters. The molecule has 0 radical (unpaired) electrons. The van der Waals surface area contributed by atoms with Crippen LogP contribution in [0.3, 0.4) is 0 Å². The van der Waals surface area contributed by atoms with Crippen molar-refractivity contribution in [2.24, 2.45) is 12.9 Å². The first-order valence-corrected chi connectivity index (χ1v) is 10.1. The fraction of sp³-hybridized carbons (Fsp3) is 0.318. The van der Waals surface area contributed by atoms with E-state index in [1.807, 2.05) is 31.2 Å². The van der Waals surface area contributed by atoms with Crippen molar-refractivity contribution in [1.29, 1.82) is 0 Å². The standard InChI is InChI=1S/C22H23N5O3/c1-13(15-5-4-8-19-17(15)11-12-29-19)21(30-23)20-16(14-9-10-14)6-3-7-18(20)27-22(28)26(2)24-25-27/h3-8,14H,9-12,23H2,1-2H3/b21-13+. The summed E-state index contributed by atoms with van der Waals surface area (Å²) in [5.74, 6) is 7.69. The summed E-state index contributed by atoms with van der Waals surface area (Å²) < 4.78 is 8.23. The Morgan fingerprint density at radius 2 is 2.00 bits per heavy atom. The number of ether oxygens (including phenoxy) is 1. The highest BCUT2D eigenvalue weighted by Gasteiger charge is 2.31. The first-order valence-electron chi connectivity index (χ1n) is 10.1. The molecule has 8 nitrogen and oxygen atoms in total. The zero-order valence-electron chi connectivity index (χ0n) is 17.0. The number of hydrogen-bond donors (Lipinski definition) is 1. The topological polar surface area (TPSA) is 97.2 Å². The predicted molar refractivity (Wildman–Crippen MR) is 112 cm³/mol. The SMILES string of the molecule is C/C(=C(\ON)c1c(C2CC2)cccc1-n1nnn(C)c1=O)c1cccc2c1CCO2. The number of hydrogen-bond acceptors (Lipinski definition) is 6. The summed E-state index contributed by atoms with van der Waals surface area (Å²) >= 11 is 0. The van der Waals surface area contributed by atoms with E-state index in [0.717, 1.165) is 52.8 Å². The van der Waals surface area contributed by atoms with E-state index in [1.165, 1.54) is 9.36 Å². The monoisotopic (exact) mass is 405 g/mol. The average Bonchev–Trinajstić information content (AvgIpc) is 3.40. The Morgan fingerprint density at radius 1 is 1.20 bits per heavy atom. The van der Waals surface area contributed by atoms with Gasteiger partial charge in [0.2, 0.25) is 0 Å². The van der Waals surface area contributed by atoms with Gasteiger partial charge in [-0.2, -0.15) is 15.3 Å². The molecule has 1 fully saturated rings. The van der Waals surface area contributed by atoms with Crippen molar-refractivity contribution >= 4 is 11.3 Å². The zero-order chi connectivity index (χ0) is 20.8. The highest BCUT2D eigenvalue weighted by atomic mass is 16.6. The van der Waals surface area contributed by atoms with Gasteiger partial charge in [-0.15, -0.1) is 0 Å². The zero-order valence-corrected chi connectivity index (χ0v) is 17.0. The number of aromatic nitrogens is 4. The molecule has 2 N–H and O–H groups in total. The highest BCUT2D eigenvalue weighted by molar-refractivity contribution is 5.91. The van der Waals surface area contributed by atoms with Gasteiger partial charge >= 0.3 is 5.69 Å². The summed E-state index contributed by atoms with van der Waals surface area (Å²) in [5.41, 5.74) is 5.26. The molecule has 2 aromatic carbocycles. The van der Waals surface area contributed by atoms with Crippen LogP contribution in [-0.4, -0.2) is 26.4 Å². The molecule has 0 spiro atoms. The summed E-state index contributed by atoms with van der Waals surface area (Å²) in [4.78, 5) is 18.1. The van der Waals surface area contributed by atoms with Crippen LogP contribution in [0.4, 0.5) is 0 Å². The molecule has 0 bridgehead atoms. The third kappa shape index (κ3) is 2.91. The largest absolute Gasteiger partial charge is 0.493 e. The van der Waals surface area contributed by atoms with Gasteiger partial charge in [-0.05, 0) is 59.4 Å². The average molecular weight is 405 g/mol. The highest BCUT2D eigenvalue weighted by Crippen LogP contribution is 2.46. The lowest BCUT2D eigenvalue weighted by molar-refractivity contribution is 0.291. The van der Waals surface area contributed by atoms with E-state index >= 15 is 0 Å². The van der Waals surface area contributed by atoms with Gasteiger partial charge in [0.1, 0.15) is 5.75 Å². The second kappa shape index (κ2) is 7.14. The second-order valence-electron chi connectivity index (χ2n) is 7.77. The van der Waals surface area contributed by atoms with Gasteiger partial charge in [0.15, 0.2) is 5.76 Å². The molecule has 1 aliphatic heterocycles. The number of rotatable bonds is 5. The Labute approximate surface area is 173 Å². The molecule has 0 amide bonds. The number of fused-ring (bicyclic) bond motifs is 1. The van der Waals surface area contributed by atoms with E-state index < -0.39 is 0 Å². The van der Waals surface area contributed by atoms with E-state index in [1.54, 1.807) is 7.05 Å². The van der Waals surface area contributed by atoms with E-state index in [2.05, 4.69) is 22.6 Å². The van der Waals surface area contributed by atoms with Crippen molar-refractivity contribution in [3.05, 3.63) is 69.1 Å². The molecule has 1 saturated carbocycles. The Balaban J connectivity index is 1.78. The van der Waals surface area contributed by atoms with Crippen LogP contribution in [0, 0.1) is 0 Å². The smallest absolute Gasteiger partial charge is 0.368 e. The van der Waals surface area contributed by atoms with Crippen LogP contribution >= 0.6 is 0 Å². The maximum Gasteiger partial charge on any atom is 0.368 e. The normalized spacial score (nSPS) is 16.1. The minimum atomic E-state index is -0.327. The Kier molecular flexibility index (Phi) is 4.43. The molecule has 5 rings (SSSR count). The molecule has 0 atom stereocenters. The molecule has 3 aromatic rings. The quantitative estimate of drug-likeness (QED) is 0.398. The Hall–Kier alpha value is -3.39. The second-order valence-corrected chi connectivity index (χ2v) is 7.77. The van der Waals surface area contributed by atoms with Gasteiger partial charge < -0.3 is 9.57 Å². The Morgan fingerprint density at radius 3 is 2.70 bits per heavy atom. The van der Waals surface area contributed by atoms with Crippen molar-refractivity contribution < 1.29 is 9.57 Å². The van der Waals surface area contributed by atoms with Crippen LogP contribution in [0.25, 0.3) is 17.0 Å². The lowest BCUT2D eigenvalue weighted by Crippen LogP contribution is -2.23. The molecule has 2 aliphatic rings. The number of benzene rings is 2. The number of tetrazole rings is 1. The molecule has 1 aliphatic carbocycles. The third-order valence-corrected chi connectivity index (χ3v) is 5.87. The first kappa shape index (κ1) is 18.6. The summed E-state index contributed by atoms with van der Waals surface area (Å²) in [6.45, 7) is 2.65. The van der Waals surface area contributed by atoms with E-state index in [0.29, 0.717) is 24.0 Å². The minimum absolute atomic E-state index is 0.327. The first-order chi connectivity index (χ1) is 14.6. The number of nitrogens with two attached hydrogens (primary N) is 1. The molecule has 1 aromatic heterocycles. The van der Waals surface area contributed by atoms with Gasteiger partial charge in [-0.3, -0.25) is 0 Å². The van der Waals surface area contributed by atoms with Crippen LogP contribution in [0.15, 0.2) is 41.2 Å². The molecular formula is C22H23N5O3. The van der Waals surface area contributed by atoms with Crippen LogP contribution in [0.1, 0.15) is 47.9 Å². The van der Waals surface area contributed by atoms with Crippen molar-refractivity contribution in [3.63, 3.8) is 0 Å². The van der Waals surface area contributed by atoms with Gasteiger partial charge in [0.25, 0.3) is 0 Å². The van der Waals surface area contributed by atoms with Gasteiger partial charge in [0, 0.05) is 30.2 Å². The van der Waals surface area contributed by atoms with Gasteiger partial charge in [0.05, 0.1) is 12.3 Å². The number of nitrogens with zero attached hydrogens (tertiary/aromatic N) is 4. The third-order valence-electron chi connectivity index (χ3n) is 5.87. The van der Waals surface area contributed by atoms with Crippen LogP contribution in [0.5, 0.6) is 5.75 Å². The fourth-order valence-electron chi connectivity index (χ4n) is 4.21.